The number of aliphatic hydroxyl groups excluding tert-OH is 3. The highest BCUT2D eigenvalue weighted by atomic mass is 16.5. The normalized spacial score (nSPS) is 30.9. The molecular formula is C10H19NO5. The van der Waals surface area contributed by atoms with E-state index in [0.717, 1.165) is 6.42 Å². The largest absolute Gasteiger partial charge is 0.388 e. The fourth-order valence-electron chi connectivity index (χ4n) is 1.59. The van der Waals surface area contributed by atoms with Crippen molar-refractivity contribution in [2.24, 2.45) is 0 Å². The lowest BCUT2D eigenvalue weighted by Crippen LogP contribution is -2.59. The summed E-state index contributed by atoms with van der Waals surface area (Å²) in [5.41, 5.74) is 0. The van der Waals surface area contributed by atoms with Crippen LogP contribution in [0, 0.1) is 0 Å². The molecule has 1 amide bonds. The molecule has 3 N–H and O–H groups in total. The molecular weight excluding hydrogens is 214 g/mol. The molecule has 1 heterocycles. The van der Waals surface area contributed by atoms with E-state index in [9.17, 15) is 20.1 Å². The number of nitrogens with zero attached hydrogens (tertiary/aromatic N) is 1. The lowest BCUT2D eigenvalue weighted by molar-refractivity contribution is -0.166. The maximum Gasteiger partial charge on any atom is 0.254 e. The van der Waals surface area contributed by atoms with Gasteiger partial charge in [-0.25, -0.2) is 0 Å². The summed E-state index contributed by atoms with van der Waals surface area (Å²) in [5, 5.41) is 28.0. The zero-order valence-corrected chi connectivity index (χ0v) is 9.37. The Morgan fingerprint density at radius 3 is 2.69 bits per heavy atom. The van der Waals surface area contributed by atoms with Gasteiger partial charge in [0.05, 0.1) is 6.61 Å². The Bertz CT molecular complexity index is 235. The highest BCUT2D eigenvalue weighted by molar-refractivity contribution is 5.82. The second kappa shape index (κ2) is 6.15. The third kappa shape index (κ3) is 3.15. The number of rotatable bonds is 5. The smallest absolute Gasteiger partial charge is 0.254 e. The predicted molar refractivity (Wildman–Crippen MR) is 55.7 cm³/mol. The highest BCUT2D eigenvalue weighted by Gasteiger charge is 2.39. The van der Waals surface area contributed by atoms with Crippen LogP contribution in [-0.2, 0) is 9.53 Å². The summed E-state index contributed by atoms with van der Waals surface area (Å²) in [6.07, 6.45) is -3.12. The molecule has 94 valence electrons. The SMILES string of the molecule is CCCOCCN1C[C@@H](O)[C@@H](O)[C@H](O)C1=O. The van der Waals surface area contributed by atoms with E-state index in [1.807, 2.05) is 6.92 Å². The van der Waals surface area contributed by atoms with Crippen molar-refractivity contribution in [1.29, 1.82) is 0 Å². The van der Waals surface area contributed by atoms with Crippen LogP contribution in [0.15, 0.2) is 0 Å². The fraction of sp³-hybridized carbons (Fsp3) is 0.900. The molecule has 0 aromatic heterocycles. The minimum Gasteiger partial charge on any atom is -0.388 e. The van der Waals surface area contributed by atoms with Crippen LogP contribution in [-0.4, -0.2) is 70.7 Å². The van der Waals surface area contributed by atoms with Crippen LogP contribution in [0.2, 0.25) is 0 Å². The van der Waals surface area contributed by atoms with Crippen molar-refractivity contribution in [3.05, 3.63) is 0 Å². The van der Waals surface area contributed by atoms with Crippen molar-refractivity contribution >= 4 is 5.91 Å². The van der Waals surface area contributed by atoms with Gasteiger partial charge >= 0.3 is 0 Å². The van der Waals surface area contributed by atoms with Crippen molar-refractivity contribution in [2.75, 3.05) is 26.3 Å². The summed E-state index contributed by atoms with van der Waals surface area (Å²) in [4.78, 5) is 12.8. The average molecular weight is 233 g/mol. The summed E-state index contributed by atoms with van der Waals surface area (Å²) in [5.74, 6) is -0.558. The van der Waals surface area contributed by atoms with Crippen LogP contribution in [0.4, 0.5) is 0 Å². The number of aliphatic hydroxyl groups is 3. The van der Waals surface area contributed by atoms with Crippen LogP contribution in [0.25, 0.3) is 0 Å². The third-order valence-electron chi connectivity index (χ3n) is 2.54. The lowest BCUT2D eigenvalue weighted by atomic mass is 10.0. The number of carbonyl (C=O) groups is 1. The molecule has 0 unspecified atom stereocenters. The van der Waals surface area contributed by atoms with E-state index in [1.165, 1.54) is 4.90 Å². The highest BCUT2D eigenvalue weighted by Crippen LogP contribution is 2.12. The molecule has 1 aliphatic rings. The molecule has 6 nitrogen and oxygen atoms in total. The molecule has 16 heavy (non-hydrogen) atoms. The molecule has 0 spiro atoms. The van der Waals surface area contributed by atoms with Crippen molar-refractivity contribution < 1.29 is 24.9 Å². The van der Waals surface area contributed by atoms with Crippen LogP contribution >= 0.6 is 0 Å². The Labute approximate surface area is 94.4 Å². The molecule has 0 aromatic carbocycles. The minimum absolute atomic E-state index is 0.0343. The van der Waals surface area contributed by atoms with E-state index in [-0.39, 0.29) is 6.54 Å². The second-order valence-electron chi connectivity index (χ2n) is 3.90. The zero-order chi connectivity index (χ0) is 12.1. The van der Waals surface area contributed by atoms with Crippen molar-refractivity contribution in [3.63, 3.8) is 0 Å². The summed E-state index contributed by atoms with van der Waals surface area (Å²) < 4.78 is 5.21. The number of β-amino-alcohol motifs (C(OH)–C–C–N with tert-alkyl or cyclic N) is 1. The van der Waals surface area contributed by atoms with Crippen LogP contribution in [0.3, 0.4) is 0 Å². The standard InChI is InChI=1S/C10H19NO5/c1-2-4-16-5-3-11-6-7(12)8(13)9(14)10(11)15/h7-9,12-14H,2-6H2,1H3/t7-,8-,9+/m1/s1. The molecule has 3 atom stereocenters. The van der Waals surface area contributed by atoms with Crippen molar-refractivity contribution in [3.8, 4) is 0 Å². The molecule has 0 aliphatic carbocycles. The number of likely N-dealkylation sites (tertiary alicyclic amines) is 1. The van der Waals surface area contributed by atoms with Crippen molar-refractivity contribution in [2.45, 2.75) is 31.7 Å². The van der Waals surface area contributed by atoms with Gasteiger partial charge in [0.15, 0.2) is 6.10 Å². The quantitative estimate of drug-likeness (QED) is 0.494. The lowest BCUT2D eigenvalue weighted by Gasteiger charge is -2.36. The third-order valence-corrected chi connectivity index (χ3v) is 2.54. The van der Waals surface area contributed by atoms with Gasteiger partial charge in [-0.3, -0.25) is 4.79 Å². The van der Waals surface area contributed by atoms with Gasteiger partial charge < -0.3 is 25.0 Å². The summed E-state index contributed by atoms with van der Waals surface area (Å²) in [6.45, 7) is 3.33. The first-order valence-electron chi connectivity index (χ1n) is 5.48. The minimum atomic E-state index is -1.53. The summed E-state index contributed by atoms with van der Waals surface area (Å²) >= 11 is 0. The van der Waals surface area contributed by atoms with Gasteiger partial charge in [0.1, 0.15) is 12.2 Å². The first-order valence-corrected chi connectivity index (χ1v) is 5.48. The number of hydrogen-bond acceptors (Lipinski definition) is 5. The number of ether oxygens (including phenoxy) is 1. The topological polar surface area (TPSA) is 90.2 Å². The Morgan fingerprint density at radius 2 is 2.06 bits per heavy atom. The number of amides is 1. The van der Waals surface area contributed by atoms with Gasteiger partial charge in [-0.1, -0.05) is 6.92 Å². The molecule has 0 bridgehead atoms. The van der Waals surface area contributed by atoms with Crippen LogP contribution in [0.5, 0.6) is 0 Å². The van der Waals surface area contributed by atoms with Crippen LogP contribution in [0.1, 0.15) is 13.3 Å². The van der Waals surface area contributed by atoms with E-state index in [1.54, 1.807) is 0 Å². The molecule has 1 rings (SSSR count). The Morgan fingerprint density at radius 1 is 1.38 bits per heavy atom. The van der Waals surface area contributed by atoms with Gasteiger partial charge in [-0.2, -0.15) is 0 Å². The van der Waals surface area contributed by atoms with Gasteiger partial charge in [-0.15, -0.1) is 0 Å². The maximum atomic E-state index is 11.5. The van der Waals surface area contributed by atoms with E-state index >= 15 is 0 Å². The first kappa shape index (κ1) is 13.4. The first-order chi connectivity index (χ1) is 7.57. The summed E-state index contributed by atoms with van der Waals surface area (Å²) in [7, 11) is 0. The number of piperidine rings is 1. The fourth-order valence-corrected chi connectivity index (χ4v) is 1.59. The van der Waals surface area contributed by atoms with E-state index in [0.29, 0.717) is 19.8 Å². The number of hydrogen-bond donors (Lipinski definition) is 3. The van der Waals surface area contributed by atoms with Crippen molar-refractivity contribution in [1.82, 2.24) is 4.90 Å². The molecule has 1 fully saturated rings. The Kier molecular flexibility index (Phi) is 5.14. The average Bonchev–Trinajstić information content (AvgIpc) is 2.28. The predicted octanol–water partition coefficient (Wildman–Crippen LogP) is -1.66. The van der Waals surface area contributed by atoms with E-state index < -0.39 is 24.2 Å². The monoisotopic (exact) mass is 233 g/mol. The zero-order valence-electron chi connectivity index (χ0n) is 9.37. The molecule has 1 aliphatic heterocycles. The molecule has 1 saturated heterocycles. The van der Waals surface area contributed by atoms with Gasteiger partial charge in [-0.05, 0) is 6.42 Å². The molecule has 0 radical (unpaired) electrons. The summed E-state index contributed by atoms with van der Waals surface area (Å²) in [6, 6.07) is 0. The molecule has 0 saturated carbocycles. The maximum absolute atomic E-state index is 11.5. The molecule has 0 aromatic rings. The number of carbonyl (C=O) groups excluding carboxylic acids is 1. The van der Waals surface area contributed by atoms with E-state index in [2.05, 4.69) is 0 Å². The molecule has 6 heteroatoms. The Balaban J connectivity index is 2.39. The Hall–Kier alpha value is -0.690. The van der Waals surface area contributed by atoms with E-state index in [4.69, 9.17) is 4.74 Å². The second-order valence-corrected chi connectivity index (χ2v) is 3.90. The van der Waals surface area contributed by atoms with Gasteiger partial charge in [0.25, 0.3) is 5.91 Å². The van der Waals surface area contributed by atoms with Gasteiger partial charge in [0, 0.05) is 19.7 Å². The van der Waals surface area contributed by atoms with Gasteiger partial charge in [0.2, 0.25) is 0 Å². The van der Waals surface area contributed by atoms with Crippen LogP contribution < -0.4 is 0 Å².